The molecule has 0 saturated heterocycles. The third-order valence-electron chi connectivity index (χ3n) is 3.80. The van der Waals surface area contributed by atoms with Gasteiger partial charge in [-0.25, -0.2) is 15.0 Å². The van der Waals surface area contributed by atoms with Crippen molar-refractivity contribution in [1.29, 1.82) is 0 Å². The molecular formula is C17H16N4OS. The summed E-state index contributed by atoms with van der Waals surface area (Å²) in [6.07, 6.45) is 4.44. The topological polar surface area (TPSA) is 59.9 Å². The molecular weight excluding hydrogens is 308 g/mol. The maximum atomic E-state index is 5.70. The lowest BCUT2D eigenvalue weighted by Crippen LogP contribution is -2.26. The molecule has 1 aliphatic heterocycles. The van der Waals surface area contributed by atoms with Gasteiger partial charge in [0, 0.05) is 42.3 Å². The normalized spacial score (nSPS) is 16.6. The number of hydrogen-bond acceptors (Lipinski definition) is 6. The Morgan fingerprint density at radius 3 is 2.96 bits per heavy atom. The van der Waals surface area contributed by atoms with E-state index in [0.717, 1.165) is 36.0 Å². The Morgan fingerprint density at radius 1 is 1.17 bits per heavy atom. The lowest BCUT2D eigenvalue weighted by molar-refractivity contribution is 0.252. The molecule has 23 heavy (non-hydrogen) atoms. The van der Waals surface area contributed by atoms with Crippen molar-refractivity contribution in [3.8, 4) is 16.6 Å². The average Bonchev–Trinajstić information content (AvgIpc) is 3.10. The van der Waals surface area contributed by atoms with E-state index < -0.39 is 0 Å². The van der Waals surface area contributed by atoms with E-state index in [1.165, 1.54) is 5.56 Å². The fourth-order valence-corrected chi connectivity index (χ4v) is 3.45. The van der Waals surface area contributed by atoms with Crippen molar-refractivity contribution in [2.75, 3.05) is 6.61 Å². The van der Waals surface area contributed by atoms with Crippen LogP contribution in [0.5, 0.6) is 5.75 Å². The molecule has 0 amide bonds. The van der Waals surface area contributed by atoms with Crippen molar-refractivity contribution in [3.63, 3.8) is 0 Å². The number of fused-ring (bicyclic) bond motifs is 1. The Balaban J connectivity index is 1.45. The van der Waals surface area contributed by atoms with Crippen LogP contribution in [0.4, 0.5) is 0 Å². The Bertz CT molecular complexity index is 790. The van der Waals surface area contributed by atoms with E-state index in [4.69, 9.17) is 4.74 Å². The SMILES string of the molecule is c1cnc(-c2nc(CN[C@H]3CCOc4ccccc43)cs2)nc1. The summed E-state index contributed by atoms with van der Waals surface area (Å²) in [7, 11) is 0. The number of thiazole rings is 1. The predicted octanol–water partition coefficient (Wildman–Crippen LogP) is 3.21. The standard InChI is InChI=1S/C17H16N4OS/c1-2-5-15-13(4-1)14(6-9-22-15)20-10-12-11-23-17(21-12)16-18-7-3-8-19-16/h1-5,7-8,11,14,20H,6,9-10H2/t14-/m0/s1. The molecule has 6 heteroatoms. The number of aromatic nitrogens is 3. The number of para-hydroxylation sites is 1. The van der Waals surface area contributed by atoms with Gasteiger partial charge in [0.05, 0.1) is 12.3 Å². The zero-order valence-electron chi connectivity index (χ0n) is 12.5. The molecule has 2 aromatic heterocycles. The number of hydrogen-bond donors (Lipinski definition) is 1. The molecule has 3 heterocycles. The van der Waals surface area contributed by atoms with E-state index in [-0.39, 0.29) is 0 Å². The summed E-state index contributed by atoms with van der Waals surface area (Å²) in [5.41, 5.74) is 2.24. The minimum Gasteiger partial charge on any atom is -0.493 e. The number of nitrogens with zero attached hydrogens (tertiary/aromatic N) is 3. The number of benzene rings is 1. The molecule has 1 N–H and O–H groups in total. The summed E-state index contributed by atoms with van der Waals surface area (Å²) in [5.74, 6) is 1.66. The zero-order valence-corrected chi connectivity index (χ0v) is 13.3. The van der Waals surface area contributed by atoms with Crippen LogP contribution in [0.2, 0.25) is 0 Å². The molecule has 0 unspecified atom stereocenters. The van der Waals surface area contributed by atoms with Crippen LogP contribution >= 0.6 is 11.3 Å². The van der Waals surface area contributed by atoms with Crippen LogP contribution in [0.15, 0.2) is 48.1 Å². The molecule has 0 radical (unpaired) electrons. The highest BCUT2D eigenvalue weighted by atomic mass is 32.1. The number of rotatable bonds is 4. The first-order valence-corrected chi connectivity index (χ1v) is 8.45. The van der Waals surface area contributed by atoms with Crippen LogP contribution in [0, 0.1) is 0 Å². The van der Waals surface area contributed by atoms with Gasteiger partial charge in [-0.1, -0.05) is 18.2 Å². The largest absolute Gasteiger partial charge is 0.493 e. The highest BCUT2D eigenvalue weighted by Gasteiger charge is 2.20. The van der Waals surface area contributed by atoms with Crippen LogP contribution in [0.25, 0.3) is 10.8 Å². The van der Waals surface area contributed by atoms with Gasteiger partial charge in [-0.3, -0.25) is 0 Å². The molecule has 1 aliphatic rings. The molecule has 116 valence electrons. The Hall–Kier alpha value is -2.31. The number of nitrogens with one attached hydrogen (secondary N) is 1. The van der Waals surface area contributed by atoms with Crippen LogP contribution in [-0.2, 0) is 6.54 Å². The van der Waals surface area contributed by atoms with Gasteiger partial charge in [0.1, 0.15) is 5.75 Å². The second-order valence-electron chi connectivity index (χ2n) is 5.32. The van der Waals surface area contributed by atoms with E-state index in [2.05, 4.69) is 37.8 Å². The second-order valence-corrected chi connectivity index (χ2v) is 6.18. The van der Waals surface area contributed by atoms with Crippen molar-refractivity contribution >= 4 is 11.3 Å². The molecule has 5 nitrogen and oxygen atoms in total. The fraction of sp³-hybridized carbons (Fsp3) is 0.235. The lowest BCUT2D eigenvalue weighted by atomic mass is 10.0. The van der Waals surface area contributed by atoms with Crippen molar-refractivity contribution in [1.82, 2.24) is 20.3 Å². The van der Waals surface area contributed by atoms with Gasteiger partial charge >= 0.3 is 0 Å². The van der Waals surface area contributed by atoms with Gasteiger partial charge < -0.3 is 10.1 Å². The first-order chi connectivity index (χ1) is 11.4. The first kappa shape index (κ1) is 14.3. The van der Waals surface area contributed by atoms with Crippen molar-refractivity contribution in [2.45, 2.75) is 19.0 Å². The lowest BCUT2D eigenvalue weighted by Gasteiger charge is -2.26. The van der Waals surface area contributed by atoms with Crippen LogP contribution in [-0.4, -0.2) is 21.6 Å². The smallest absolute Gasteiger partial charge is 0.188 e. The molecule has 0 spiro atoms. The molecule has 4 rings (SSSR count). The van der Waals surface area contributed by atoms with Crippen molar-refractivity contribution in [3.05, 3.63) is 59.4 Å². The molecule has 3 aromatic rings. The monoisotopic (exact) mass is 324 g/mol. The number of ether oxygens (including phenoxy) is 1. The highest BCUT2D eigenvalue weighted by molar-refractivity contribution is 7.13. The van der Waals surface area contributed by atoms with E-state index in [1.807, 2.05) is 18.2 Å². The summed E-state index contributed by atoms with van der Waals surface area (Å²) in [6, 6.07) is 10.3. The van der Waals surface area contributed by atoms with E-state index in [0.29, 0.717) is 11.9 Å². The Morgan fingerprint density at radius 2 is 2.04 bits per heavy atom. The summed E-state index contributed by atoms with van der Waals surface area (Å²) in [5, 5.41) is 6.50. The van der Waals surface area contributed by atoms with Crippen LogP contribution in [0.3, 0.4) is 0 Å². The Kier molecular flexibility index (Phi) is 4.00. The summed E-state index contributed by atoms with van der Waals surface area (Å²) < 4.78 is 5.70. The van der Waals surface area contributed by atoms with E-state index in [1.54, 1.807) is 23.7 Å². The zero-order chi connectivity index (χ0) is 15.5. The third-order valence-corrected chi connectivity index (χ3v) is 4.68. The van der Waals surface area contributed by atoms with Gasteiger partial charge in [0.15, 0.2) is 10.8 Å². The fourth-order valence-electron chi connectivity index (χ4n) is 2.68. The second kappa shape index (κ2) is 6.44. The molecule has 1 aromatic carbocycles. The maximum absolute atomic E-state index is 5.70. The van der Waals surface area contributed by atoms with Gasteiger partial charge in [-0.2, -0.15) is 0 Å². The van der Waals surface area contributed by atoms with Crippen molar-refractivity contribution in [2.24, 2.45) is 0 Å². The maximum Gasteiger partial charge on any atom is 0.188 e. The van der Waals surface area contributed by atoms with Crippen molar-refractivity contribution < 1.29 is 4.74 Å². The molecule has 0 fully saturated rings. The van der Waals surface area contributed by atoms with Crippen LogP contribution in [0.1, 0.15) is 23.7 Å². The summed E-state index contributed by atoms with van der Waals surface area (Å²) in [4.78, 5) is 13.1. The minimum absolute atomic E-state index is 0.304. The van der Waals surface area contributed by atoms with E-state index in [9.17, 15) is 0 Å². The van der Waals surface area contributed by atoms with Gasteiger partial charge in [-0.15, -0.1) is 11.3 Å². The first-order valence-electron chi connectivity index (χ1n) is 7.57. The highest BCUT2D eigenvalue weighted by Crippen LogP contribution is 2.31. The molecule has 1 atom stereocenters. The molecule has 0 saturated carbocycles. The molecule has 0 bridgehead atoms. The summed E-state index contributed by atoms with van der Waals surface area (Å²) in [6.45, 7) is 1.47. The van der Waals surface area contributed by atoms with Gasteiger partial charge in [0.25, 0.3) is 0 Å². The molecule has 0 aliphatic carbocycles. The quantitative estimate of drug-likeness (QED) is 0.798. The Labute approximate surface area is 138 Å². The van der Waals surface area contributed by atoms with Gasteiger partial charge in [0.2, 0.25) is 0 Å². The average molecular weight is 324 g/mol. The minimum atomic E-state index is 0.304. The predicted molar refractivity (Wildman–Crippen MR) is 89.3 cm³/mol. The van der Waals surface area contributed by atoms with E-state index >= 15 is 0 Å². The van der Waals surface area contributed by atoms with Gasteiger partial charge in [-0.05, 0) is 12.1 Å². The summed E-state index contributed by atoms with van der Waals surface area (Å²) >= 11 is 1.57. The third kappa shape index (κ3) is 3.09. The van der Waals surface area contributed by atoms with Crippen LogP contribution < -0.4 is 10.1 Å².